The fraction of sp³-hybridized carbons (Fsp3) is 0.111. The van der Waals surface area contributed by atoms with Crippen LogP contribution < -0.4 is 10.6 Å². The summed E-state index contributed by atoms with van der Waals surface area (Å²) in [6.07, 6.45) is 1.36. The Labute approximate surface area is 153 Å². The van der Waals surface area contributed by atoms with Crippen LogP contribution in [0, 0.1) is 6.92 Å². The highest BCUT2D eigenvalue weighted by atomic mass is 16.5. The van der Waals surface area contributed by atoms with Crippen molar-refractivity contribution in [2.75, 3.05) is 17.2 Å². The minimum absolute atomic E-state index is 0.0971. The van der Waals surface area contributed by atoms with Crippen LogP contribution in [0.4, 0.5) is 11.6 Å². The van der Waals surface area contributed by atoms with Gasteiger partial charge in [0.15, 0.2) is 12.4 Å². The van der Waals surface area contributed by atoms with Crippen molar-refractivity contribution >= 4 is 29.4 Å². The zero-order valence-corrected chi connectivity index (χ0v) is 14.2. The molecular formula is C18H15N3O6. The molecule has 2 N–H and O–H groups in total. The monoisotopic (exact) mass is 369 g/mol. The van der Waals surface area contributed by atoms with E-state index < -0.39 is 24.4 Å². The molecular weight excluding hydrogens is 354 g/mol. The zero-order chi connectivity index (χ0) is 19.2. The van der Waals surface area contributed by atoms with Crippen molar-refractivity contribution in [3.05, 3.63) is 65.7 Å². The molecule has 3 rings (SSSR count). The fourth-order valence-electron chi connectivity index (χ4n) is 2.17. The molecule has 2 amide bonds. The predicted molar refractivity (Wildman–Crippen MR) is 93.3 cm³/mol. The lowest BCUT2D eigenvalue weighted by molar-refractivity contribution is -0.119. The summed E-state index contributed by atoms with van der Waals surface area (Å²) < 4.78 is 14.8. The molecule has 1 aromatic carbocycles. The van der Waals surface area contributed by atoms with E-state index in [1.165, 1.54) is 30.5 Å². The smallest absolute Gasteiger partial charge is 0.340 e. The average Bonchev–Trinajstić information content (AvgIpc) is 3.32. The van der Waals surface area contributed by atoms with Crippen molar-refractivity contribution in [1.29, 1.82) is 0 Å². The summed E-state index contributed by atoms with van der Waals surface area (Å²) in [5, 5.41) is 8.60. The molecule has 0 saturated carbocycles. The highest BCUT2D eigenvalue weighted by Crippen LogP contribution is 2.18. The molecule has 27 heavy (non-hydrogen) atoms. The summed E-state index contributed by atoms with van der Waals surface area (Å²) in [6.45, 7) is 1.17. The van der Waals surface area contributed by atoms with Crippen LogP contribution in [0.1, 0.15) is 26.6 Å². The van der Waals surface area contributed by atoms with Gasteiger partial charge in [0.05, 0.1) is 23.2 Å². The normalized spacial score (nSPS) is 10.3. The number of furan rings is 1. The van der Waals surface area contributed by atoms with Crippen LogP contribution in [-0.2, 0) is 9.53 Å². The number of anilines is 2. The van der Waals surface area contributed by atoms with Crippen LogP contribution in [0.2, 0.25) is 0 Å². The van der Waals surface area contributed by atoms with E-state index in [1.807, 2.05) is 0 Å². The summed E-state index contributed by atoms with van der Waals surface area (Å²) in [7, 11) is 0. The molecule has 0 bridgehead atoms. The Kier molecular flexibility index (Phi) is 5.31. The minimum Gasteiger partial charge on any atom is -0.459 e. The molecule has 3 aromatic rings. The number of nitrogens with one attached hydrogen (secondary N) is 2. The van der Waals surface area contributed by atoms with E-state index in [0.29, 0.717) is 5.69 Å². The molecule has 0 aliphatic heterocycles. The van der Waals surface area contributed by atoms with E-state index in [4.69, 9.17) is 13.7 Å². The first kappa shape index (κ1) is 17.9. The lowest BCUT2D eigenvalue weighted by Crippen LogP contribution is -2.21. The molecule has 2 heterocycles. The second-order valence-electron chi connectivity index (χ2n) is 5.43. The first-order valence-electron chi connectivity index (χ1n) is 7.87. The van der Waals surface area contributed by atoms with E-state index in [0.717, 1.165) is 0 Å². The van der Waals surface area contributed by atoms with Crippen LogP contribution >= 0.6 is 0 Å². The Bertz CT molecular complexity index is 961. The molecule has 9 heteroatoms. The van der Waals surface area contributed by atoms with Crippen molar-refractivity contribution in [2.24, 2.45) is 0 Å². The molecule has 0 atom stereocenters. The Morgan fingerprint density at radius 1 is 1.11 bits per heavy atom. The van der Waals surface area contributed by atoms with Crippen molar-refractivity contribution in [2.45, 2.75) is 6.92 Å². The third-order valence-electron chi connectivity index (χ3n) is 3.37. The van der Waals surface area contributed by atoms with Gasteiger partial charge < -0.3 is 19.0 Å². The van der Waals surface area contributed by atoms with Crippen LogP contribution in [0.5, 0.6) is 0 Å². The van der Waals surface area contributed by atoms with Gasteiger partial charge in [-0.25, -0.2) is 4.79 Å². The maximum atomic E-state index is 12.3. The maximum Gasteiger partial charge on any atom is 0.340 e. The van der Waals surface area contributed by atoms with Gasteiger partial charge in [-0.2, -0.15) is 0 Å². The van der Waals surface area contributed by atoms with Crippen LogP contribution in [0.25, 0.3) is 0 Å². The van der Waals surface area contributed by atoms with E-state index in [2.05, 4.69) is 15.8 Å². The molecule has 9 nitrogen and oxygen atoms in total. The largest absolute Gasteiger partial charge is 0.459 e. The number of hydrogen-bond acceptors (Lipinski definition) is 7. The summed E-state index contributed by atoms with van der Waals surface area (Å²) in [6, 6.07) is 10.9. The third-order valence-corrected chi connectivity index (χ3v) is 3.37. The molecule has 0 unspecified atom stereocenters. The Morgan fingerprint density at radius 3 is 2.63 bits per heavy atom. The van der Waals surface area contributed by atoms with Crippen molar-refractivity contribution < 1.29 is 28.1 Å². The standard InChI is InChI=1S/C18H15N3O6/c1-11-9-16(27-21-11)20-15(22)10-26-18(24)12-5-2-3-6-13(12)19-17(23)14-7-4-8-25-14/h2-9H,10H2,1H3,(H,19,23)(H,20,22). The highest BCUT2D eigenvalue weighted by molar-refractivity contribution is 6.07. The maximum absolute atomic E-state index is 12.3. The van der Waals surface area contributed by atoms with E-state index in [9.17, 15) is 14.4 Å². The predicted octanol–water partition coefficient (Wildman–Crippen LogP) is 2.62. The quantitative estimate of drug-likeness (QED) is 0.640. The number of aryl methyl sites for hydroxylation is 1. The van der Waals surface area contributed by atoms with Gasteiger partial charge in [-0.3, -0.25) is 14.9 Å². The second kappa shape index (κ2) is 8.00. The fourth-order valence-corrected chi connectivity index (χ4v) is 2.17. The lowest BCUT2D eigenvalue weighted by atomic mass is 10.1. The number of ether oxygens (including phenoxy) is 1. The van der Waals surface area contributed by atoms with Gasteiger partial charge in [-0.05, 0) is 31.2 Å². The molecule has 0 radical (unpaired) electrons. The van der Waals surface area contributed by atoms with Gasteiger partial charge in [0.1, 0.15) is 0 Å². The number of para-hydroxylation sites is 1. The number of carbonyl (C=O) groups is 3. The van der Waals surface area contributed by atoms with Gasteiger partial charge >= 0.3 is 5.97 Å². The van der Waals surface area contributed by atoms with Crippen molar-refractivity contribution in [3.8, 4) is 0 Å². The van der Waals surface area contributed by atoms with Crippen LogP contribution in [0.3, 0.4) is 0 Å². The molecule has 2 aromatic heterocycles. The van der Waals surface area contributed by atoms with Crippen LogP contribution in [0.15, 0.2) is 57.7 Å². The average molecular weight is 369 g/mol. The molecule has 0 saturated heterocycles. The Hall–Kier alpha value is -3.88. The van der Waals surface area contributed by atoms with E-state index in [1.54, 1.807) is 25.1 Å². The number of carbonyl (C=O) groups excluding carboxylic acids is 3. The summed E-state index contributed by atoms with van der Waals surface area (Å²) in [5.41, 5.74) is 0.930. The van der Waals surface area contributed by atoms with E-state index >= 15 is 0 Å². The molecule has 0 aliphatic carbocycles. The highest BCUT2D eigenvalue weighted by Gasteiger charge is 2.18. The van der Waals surface area contributed by atoms with Crippen LogP contribution in [-0.4, -0.2) is 29.5 Å². The number of hydrogen-bond donors (Lipinski definition) is 2. The summed E-state index contributed by atoms with van der Waals surface area (Å²) in [5.74, 6) is -1.62. The summed E-state index contributed by atoms with van der Waals surface area (Å²) >= 11 is 0. The van der Waals surface area contributed by atoms with Gasteiger partial charge in [0, 0.05) is 6.07 Å². The van der Waals surface area contributed by atoms with E-state index in [-0.39, 0.29) is 22.9 Å². The number of rotatable bonds is 6. The van der Waals surface area contributed by atoms with Gasteiger partial charge in [0.2, 0.25) is 5.88 Å². The third kappa shape index (κ3) is 4.60. The molecule has 0 aliphatic rings. The van der Waals surface area contributed by atoms with Gasteiger partial charge in [0.25, 0.3) is 11.8 Å². The Morgan fingerprint density at radius 2 is 1.93 bits per heavy atom. The zero-order valence-electron chi connectivity index (χ0n) is 14.2. The Balaban J connectivity index is 1.61. The number of aromatic nitrogens is 1. The van der Waals surface area contributed by atoms with Gasteiger partial charge in [-0.1, -0.05) is 17.3 Å². The number of benzene rings is 1. The molecule has 138 valence electrons. The number of amides is 2. The number of nitrogens with zero attached hydrogens (tertiary/aromatic N) is 1. The first-order chi connectivity index (χ1) is 13.0. The lowest BCUT2D eigenvalue weighted by Gasteiger charge is -2.10. The second-order valence-corrected chi connectivity index (χ2v) is 5.43. The topological polar surface area (TPSA) is 124 Å². The van der Waals surface area contributed by atoms with Crippen molar-refractivity contribution in [3.63, 3.8) is 0 Å². The first-order valence-corrected chi connectivity index (χ1v) is 7.87. The minimum atomic E-state index is -0.769. The SMILES string of the molecule is Cc1cc(NC(=O)COC(=O)c2ccccc2NC(=O)c2ccco2)on1. The molecule has 0 spiro atoms. The van der Waals surface area contributed by atoms with Gasteiger partial charge in [-0.15, -0.1) is 0 Å². The number of esters is 1. The molecule has 0 fully saturated rings. The van der Waals surface area contributed by atoms with Crippen molar-refractivity contribution in [1.82, 2.24) is 5.16 Å². The summed E-state index contributed by atoms with van der Waals surface area (Å²) in [4.78, 5) is 36.2.